The van der Waals surface area contributed by atoms with Gasteiger partial charge in [-0.25, -0.2) is 4.79 Å². The Labute approximate surface area is 213 Å². The highest BCUT2D eigenvalue weighted by Crippen LogP contribution is 2.26. The summed E-state index contributed by atoms with van der Waals surface area (Å²) in [5, 5.41) is 5.30. The van der Waals surface area contributed by atoms with Crippen molar-refractivity contribution in [1.29, 1.82) is 0 Å². The number of ether oxygens (including phenoxy) is 2. The van der Waals surface area contributed by atoms with Gasteiger partial charge in [0.2, 0.25) is 11.8 Å². The van der Waals surface area contributed by atoms with E-state index in [1.165, 1.54) is 4.90 Å². The fraction of sp³-hybridized carbons (Fsp3) is 0.600. The maximum absolute atomic E-state index is 13.5. The molecular formula is C25H39N3O6S. The Morgan fingerprint density at radius 2 is 1.77 bits per heavy atom. The minimum absolute atomic E-state index is 0.0126. The number of nitrogens with one attached hydrogen (secondary N) is 2. The van der Waals surface area contributed by atoms with E-state index in [0.717, 1.165) is 11.1 Å². The van der Waals surface area contributed by atoms with Crippen molar-refractivity contribution in [3.05, 3.63) is 34.9 Å². The molecule has 0 aliphatic carbocycles. The molecule has 3 amide bonds. The van der Waals surface area contributed by atoms with Crippen LogP contribution in [-0.4, -0.2) is 65.9 Å². The molecule has 2 N–H and O–H groups in total. The number of rotatable bonds is 11. The lowest BCUT2D eigenvalue weighted by atomic mass is 9.96. The number of nitrogens with zero attached hydrogens (tertiary/aromatic N) is 1. The molecule has 0 radical (unpaired) electrons. The third-order valence-corrected chi connectivity index (χ3v) is 5.37. The number of aryl methyl sites for hydroxylation is 2. The first-order chi connectivity index (χ1) is 16.3. The molecule has 0 bridgehead atoms. The summed E-state index contributed by atoms with van der Waals surface area (Å²) >= 11 is 4.24. The van der Waals surface area contributed by atoms with Gasteiger partial charge in [0.05, 0.1) is 13.0 Å². The zero-order valence-electron chi connectivity index (χ0n) is 21.8. The van der Waals surface area contributed by atoms with E-state index >= 15 is 0 Å². The number of alkyl carbamates (subject to hydrolysis) is 1. The van der Waals surface area contributed by atoms with Crippen LogP contribution in [0.2, 0.25) is 0 Å². The van der Waals surface area contributed by atoms with Gasteiger partial charge in [0.1, 0.15) is 17.7 Å². The van der Waals surface area contributed by atoms with Gasteiger partial charge in [-0.1, -0.05) is 23.8 Å². The molecule has 0 spiro atoms. The zero-order chi connectivity index (χ0) is 26.8. The highest BCUT2D eigenvalue weighted by Gasteiger charge is 2.35. The van der Waals surface area contributed by atoms with Crippen molar-refractivity contribution in [1.82, 2.24) is 15.5 Å². The lowest BCUT2D eigenvalue weighted by Crippen LogP contribution is -2.54. The van der Waals surface area contributed by atoms with Crippen LogP contribution in [0, 0.1) is 13.8 Å². The van der Waals surface area contributed by atoms with E-state index in [9.17, 15) is 19.2 Å². The highest BCUT2D eigenvalue weighted by atomic mass is 32.1. The lowest BCUT2D eigenvalue weighted by Gasteiger charge is -2.34. The molecule has 10 heteroatoms. The molecule has 9 nitrogen and oxygen atoms in total. The smallest absolute Gasteiger partial charge is 0.408 e. The zero-order valence-corrected chi connectivity index (χ0v) is 22.7. The molecule has 2 unspecified atom stereocenters. The summed E-state index contributed by atoms with van der Waals surface area (Å²) in [6.07, 6.45) is -0.735. The maximum Gasteiger partial charge on any atom is 0.408 e. The second-order valence-corrected chi connectivity index (χ2v) is 9.48. The molecule has 35 heavy (non-hydrogen) atoms. The number of likely N-dealkylation sites (N-methyl/N-ethyl adjacent to an activating group) is 1. The van der Waals surface area contributed by atoms with Crippen LogP contribution in [0.3, 0.4) is 0 Å². The number of amides is 3. The van der Waals surface area contributed by atoms with Crippen LogP contribution in [0.5, 0.6) is 0 Å². The van der Waals surface area contributed by atoms with Crippen LogP contribution >= 0.6 is 12.6 Å². The van der Waals surface area contributed by atoms with Crippen LogP contribution in [0.15, 0.2) is 18.2 Å². The summed E-state index contributed by atoms with van der Waals surface area (Å²) in [6, 6.07) is 3.63. The van der Waals surface area contributed by atoms with Crippen LogP contribution in [-0.2, 0) is 23.9 Å². The fourth-order valence-corrected chi connectivity index (χ4v) is 3.75. The van der Waals surface area contributed by atoms with Gasteiger partial charge in [-0.2, -0.15) is 12.6 Å². The second-order valence-electron chi connectivity index (χ2n) is 9.11. The number of benzene rings is 1. The van der Waals surface area contributed by atoms with Gasteiger partial charge < -0.3 is 25.0 Å². The summed E-state index contributed by atoms with van der Waals surface area (Å²) in [5.41, 5.74) is 1.76. The van der Waals surface area contributed by atoms with Gasteiger partial charge in [-0.3, -0.25) is 14.4 Å². The Balaban J connectivity index is 3.24. The largest absolute Gasteiger partial charge is 0.466 e. The molecule has 2 atom stereocenters. The Bertz CT molecular complexity index is 900. The average Bonchev–Trinajstić information content (AvgIpc) is 2.75. The third kappa shape index (κ3) is 9.79. The molecule has 1 rings (SSSR count). The van der Waals surface area contributed by atoms with E-state index in [2.05, 4.69) is 23.3 Å². The number of hydrogen-bond donors (Lipinski definition) is 3. The standard InChI is InChI=1S/C25H39N3O6S/c1-8-28(23(31)19(15-35)27-24(32)34-25(5,6)7)21(18-11-10-16(3)14-17(18)4)22(30)26-13-12-20(29)33-9-2/h10-11,14,19,21,35H,8-9,12-13,15H2,1-7H3,(H,26,30)(H,27,32). The van der Waals surface area contributed by atoms with Crippen LogP contribution in [0.4, 0.5) is 4.79 Å². The van der Waals surface area contributed by atoms with Crippen LogP contribution < -0.4 is 10.6 Å². The van der Waals surface area contributed by atoms with E-state index < -0.39 is 41.6 Å². The SMILES string of the molecule is CCOC(=O)CCNC(=O)C(c1ccc(C)cc1C)N(CC)C(=O)C(CS)NC(=O)OC(C)(C)C. The molecule has 0 aromatic heterocycles. The van der Waals surface area contributed by atoms with Crippen molar-refractivity contribution in [3.8, 4) is 0 Å². The van der Waals surface area contributed by atoms with E-state index in [-0.39, 0.29) is 31.9 Å². The van der Waals surface area contributed by atoms with Gasteiger partial charge in [-0.15, -0.1) is 0 Å². The molecule has 0 aliphatic rings. The molecule has 0 saturated heterocycles. The van der Waals surface area contributed by atoms with Crippen molar-refractivity contribution in [2.75, 3.05) is 25.4 Å². The predicted octanol–water partition coefficient (Wildman–Crippen LogP) is 3.09. The quantitative estimate of drug-likeness (QED) is 0.312. The Kier molecular flexibility index (Phi) is 12.1. The second kappa shape index (κ2) is 14.0. The fourth-order valence-electron chi connectivity index (χ4n) is 3.50. The molecule has 1 aromatic rings. The molecule has 0 aliphatic heterocycles. The van der Waals surface area contributed by atoms with Crippen molar-refractivity contribution in [2.24, 2.45) is 0 Å². The Hall–Kier alpha value is -2.75. The molecule has 1 aromatic carbocycles. The topological polar surface area (TPSA) is 114 Å². The normalized spacial score (nSPS) is 12.8. The summed E-state index contributed by atoms with van der Waals surface area (Å²) in [7, 11) is 0. The first-order valence-corrected chi connectivity index (χ1v) is 12.4. The third-order valence-electron chi connectivity index (χ3n) is 5.01. The van der Waals surface area contributed by atoms with Crippen LogP contribution in [0.25, 0.3) is 0 Å². The van der Waals surface area contributed by atoms with E-state index in [1.54, 1.807) is 34.6 Å². The van der Waals surface area contributed by atoms with Crippen LogP contribution in [0.1, 0.15) is 63.8 Å². The summed E-state index contributed by atoms with van der Waals surface area (Å²) < 4.78 is 10.2. The van der Waals surface area contributed by atoms with Gasteiger partial charge in [-0.05, 0) is 59.6 Å². The summed E-state index contributed by atoms with van der Waals surface area (Å²) in [5.74, 6) is -1.32. The van der Waals surface area contributed by atoms with Gasteiger partial charge in [0, 0.05) is 18.8 Å². The Morgan fingerprint density at radius 3 is 2.29 bits per heavy atom. The molecule has 0 heterocycles. The average molecular weight is 510 g/mol. The van der Waals surface area contributed by atoms with Gasteiger partial charge >= 0.3 is 12.1 Å². The number of esters is 1. The molecular weight excluding hydrogens is 470 g/mol. The first-order valence-electron chi connectivity index (χ1n) is 11.8. The predicted molar refractivity (Wildman–Crippen MR) is 137 cm³/mol. The minimum Gasteiger partial charge on any atom is -0.466 e. The molecule has 0 fully saturated rings. The number of thiol groups is 1. The van der Waals surface area contributed by atoms with E-state index in [0.29, 0.717) is 5.56 Å². The van der Waals surface area contributed by atoms with Crippen molar-refractivity contribution in [2.45, 2.75) is 72.6 Å². The molecule has 196 valence electrons. The minimum atomic E-state index is -1.01. The lowest BCUT2D eigenvalue weighted by molar-refractivity contribution is -0.144. The van der Waals surface area contributed by atoms with Gasteiger partial charge in [0.15, 0.2) is 0 Å². The number of carbonyl (C=O) groups is 4. The van der Waals surface area contributed by atoms with E-state index in [1.807, 2.05) is 32.0 Å². The van der Waals surface area contributed by atoms with Crippen molar-refractivity contribution < 1.29 is 28.7 Å². The highest BCUT2D eigenvalue weighted by molar-refractivity contribution is 7.80. The number of carbonyl (C=O) groups excluding carboxylic acids is 4. The van der Waals surface area contributed by atoms with Gasteiger partial charge in [0.25, 0.3) is 0 Å². The summed E-state index contributed by atoms with van der Waals surface area (Å²) in [6.45, 7) is 13.0. The monoisotopic (exact) mass is 509 g/mol. The van der Waals surface area contributed by atoms with Crippen molar-refractivity contribution in [3.63, 3.8) is 0 Å². The Morgan fingerprint density at radius 1 is 1.11 bits per heavy atom. The maximum atomic E-state index is 13.5. The van der Waals surface area contributed by atoms with E-state index in [4.69, 9.17) is 9.47 Å². The molecule has 0 saturated carbocycles. The number of hydrogen-bond acceptors (Lipinski definition) is 7. The first kappa shape index (κ1) is 30.3. The summed E-state index contributed by atoms with van der Waals surface area (Å²) in [4.78, 5) is 52.3. The van der Waals surface area contributed by atoms with Crippen molar-refractivity contribution >= 4 is 36.5 Å².